The van der Waals surface area contributed by atoms with Crippen LogP contribution in [0.3, 0.4) is 0 Å². The van der Waals surface area contributed by atoms with Crippen LogP contribution in [-0.2, 0) is 4.79 Å². The Morgan fingerprint density at radius 2 is 2.33 bits per heavy atom. The largest absolute Gasteiger partial charge is 0.297 e. The van der Waals surface area contributed by atoms with E-state index in [1.165, 1.54) is 0 Å². The normalized spacial score (nSPS) is 18.8. The van der Waals surface area contributed by atoms with Gasteiger partial charge in [0.2, 0.25) is 0 Å². The molecule has 2 heteroatoms. The van der Waals surface area contributed by atoms with Crippen molar-refractivity contribution in [3.63, 3.8) is 0 Å². The Bertz CT molecular complexity index is 184. The monoisotopic (exact) mass is 121 g/mol. The summed E-state index contributed by atoms with van der Waals surface area (Å²) in [6.45, 7) is 0. The molecule has 0 aromatic heterocycles. The van der Waals surface area contributed by atoms with E-state index in [2.05, 4.69) is 0 Å². The van der Waals surface area contributed by atoms with Gasteiger partial charge in [-0.3, -0.25) is 4.79 Å². The van der Waals surface area contributed by atoms with Crippen LogP contribution in [0.15, 0.2) is 11.6 Å². The summed E-state index contributed by atoms with van der Waals surface area (Å²) in [5, 5.41) is 8.25. The molecule has 0 spiro atoms. The van der Waals surface area contributed by atoms with Gasteiger partial charge in [-0.15, -0.1) is 0 Å². The van der Waals surface area contributed by atoms with E-state index in [1.54, 1.807) is 6.08 Å². The molecule has 1 rings (SSSR count). The lowest BCUT2D eigenvalue weighted by molar-refractivity contribution is -0.104. The molecule has 0 amide bonds. The van der Waals surface area contributed by atoms with Crippen LogP contribution in [0.4, 0.5) is 0 Å². The van der Waals surface area contributed by atoms with Gasteiger partial charge < -0.3 is 0 Å². The third-order valence-corrected chi connectivity index (χ3v) is 1.29. The number of carbonyl (C=O) groups excluding carboxylic acids is 1. The maximum absolute atomic E-state index is 10.0. The van der Waals surface area contributed by atoms with Crippen LogP contribution in [0.2, 0.25) is 0 Å². The first-order valence-corrected chi connectivity index (χ1v) is 2.94. The highest BCUT2D eigenvalue weighted by Crippen LogP contribution is 2.30. The third-order valence-electron chi connectivity index (χ3n) is 1.29. The molecule has 0 radical (unpaired) electrons. The highest BCUT2D eigenvalue weighted by Gasteiger charge is 2.18. The van der Waals surface area contributed by atoms with Crippen molar-refractivity contribution in [2.45, 2.75) is 12.8 Å². The van der Waals surface area contributed by atoms with E-state index < -0.39 is 0 Å². The van der Waals surface area contributed by atoms with E-state index in [-0.39, 0.29) is 5.57 Å². The zero-order valence-corrected chi connectivity index (χ0v) is 5.00. The molecule has 0 aliphatic heterocycles. The Morgan fingerprint density at radius 1 is 1.67 bits per heavy atom. The Kier molecular flexibility index (Phi) is 1.64. The molecule has 1 aliphatic rings. The second-order valence-corrected chi connectivity index (χ2v) is 2.19. The first-order chi connectivity index (χ1) is 4.36. The summed E-state index contributed by atoms with van der Waals surface area (Å²) in [7, 11) is 0. The Morgan fingerprint density at radius 3 is 2.67 bits per heavy atom. The molecule has 0 N–H and O–H groups in total. The minimum absolute atomic E-state index is 0.275. The standard InChI is InChI=1S/C7H7NO/c8-4-7(5-9)3-6-1-2-6/h3,5-6H,1-2H2/b7-3-. The smallest absolute Gasteiger partial charge is 0.160 e. The highest BCUT2D eigenvalue weighted by atomic mass is 16.1. The van der Waals surface area contributed by atoms with E-state index in [1.807, 2.05) is 6.07 Å². The lowest BCUT2D eigenvalue weighted by Gasteiger charge is -1.79. The lowest BCUT2D eigenvalue weighted by atomic mass is 10.2. The number of aldehydes is 1. The minimum Gasteiger partial charge on any atom is -0.297 e. The number of nitriles is 1. The molecular weight excluding hydrogens is 114 g/mol. The molecule has 0 aromatic carbocycles. The van der Waals surface area contributed by atoms with Crippen LogP contribution in [0.1, 0.15) is 12.8 Å². The zero-order chi connectivity index (χ0) is 6.69. The molecule has 0 aromatic rings. The average Bonchev–Trinajstić information content (AvgIpc) is 2.66. The molecule has 1 aliphatic carbocycles. The van der Waals surface area contributed by atoms with Crippen molar-refractivity contribution in [3.8, 4) is 6.07 Å². The van der Waals surface area contributed by atoms with E-state index in [0.717, 1.165) is 12.8 Å². The molecule has 1 fully saturated rings. The average molecular weight is 121 g/mol. The summed E-state index contributed by atoms with van der Waals surface area (Å²) in [6, 6.07) is 1.82. The summed E-state index contributed by atoms with van der Waals surface area (Å²) < 4.78 is 0. The van der Waals surface area contributed by atoms with Gasteiger partial charge in [0, 0.05) is 0 Å². The van der Waals surface area contributed by atoms with E-state index in [4.69, 9.17) is 5.26 Å². The van der Waals surface area contributed by atoms with Gasteiger partial charge in [-0.1, -0.05) is 6.08 Å². The van der Waals surface area contributed by atoms with E-state index in [9.17, 15) is 4.79 Å². The van der Waals surface area contributed by atoms with Crippen LogP contribution < -0.4 is 0 Å². The van der Waals surface area contributed by atoms with Crippen molar-refractivity contribution in [1.29, 1.82) is 5.26 Å². The highest BCUT2D eigenvalue weighted by molar-refractivity contribution is 5.78. The number of nitrogens with zero attached hydrogens (tertiary/aromatic N) is 1. The number of rotatable bonds is 2. The second kappa shape index (κ2) is 2.45. The number of hydrogen-bond acceptors (Lipinski definition) is 2. The molecule has 9 heavy (non-hydrogen) atoms. The minimum atomic E-state index is 0.275. The van der Waals surface area contributed by atoms with Crippen LogP contribution in [0, 0.1) is 17.2 Å². The van der Waals surface area contributed by atoms with Gasteiger partial charge in [0.25, 0.3) is 0 Å². The molecule has 2 nitrogen and oxygen atoms in total. The van der Waals surface area contributed by atoms with Crippen molar-refractivity contribution in [1.82, 2.24) is 0 Å². The van der Waals surface area contributed by atoms with Gasteiger partial charge in [-0.2, -0.15) is 5.26 Å². The lowest BCUT2D eigenvalue weighted by Crippen LogP contribution is -1.78. The predicted molar refractivity (Wildman–Crippen MR) is 32.5 cm³/mol. The topological polar surface area (TPSA) is 40.9 Å². The van der Waals surface area contributed by atoms with Crippen LogP contribution in [0.25, 0.3) is 0 Å². The second-order valence-electron chi connectivity index (χ2n) is 2.19. The summed E-state index contributed by atoms with van der Waals surface area (Å²) >= 11 is 0. The first kappa shape index (κ1) is 6.03. The van der Waals surface area contributed by atoms with E-state index in [0.29, 0.717) is 12.2 Å². The quantitative estimate of drug-likeness (QED) is 0.311. The van der Waals surface area contributed by atoms with Crippen molar-refractivity contribution >= 4 is 6.29 Å². The Balaban J connectivity index is 2.54. The predicted octanol–water partition coefficient (Wildman–Crippen LogP) is 1.05. The Labute approximate surface area is 53.8 Å². The molecule has 0 bridgehead atoms. The molecular formula is C7H7NO. The van der Waals surface area contributed by atoms with Gasteiger partial charge in [0.1, 0.15) is 6.07 Å². The van der Waals surface area contributed by atoms with Gasteiger partial charge >= 0.3 is 0 Å². The van der Waals surface area contributed by atoms with Crippen molar-refractivity contribution in [2.24, 2.45) is 5.92 Å². The maximum Gasteiger partial charge on any atom is 0.160 e. The number of hydrogen-bond donors (Lipinski definition) is 0. The number of allylic oxidation sites excluding steroid dienone is 2. The van der Waals surface area contributed by atoms with Gasteiger partial charge in [-0.05, 0) is 18.8 Å². The summed E-state index contributed by atoms with van der Waals surface area (Å²) in [6.07, 6.45) is 4.63. The molecule has 1 saturated carbocycles. The first-order valence-electron chi connectivity index (χ1n) is 2.94. The summed E-state index contributed by atoms with van der Waals surface area (Å²) in [4.78, 5) is 10.0. The van der Waals surface area contributed by atoms with Crippen LogP contribution in [0.5, 0.6) is 0 Å². The van der Waals surface area contributed by atoms with E-state index >= 15 is 0 Å². The maximum atomic E-state index is 10.0. The molecule has 0 unspecified atom stereocenters. The van der Waals surface area contributed by atoms with Gasteiger partial charge in [0.15, 0.2) is 6.29 Å². The van der Waals surface area contributed by atoms with Crippen molar-refractivity contribution in [3.05, 3.63) is 11.6 Å². The Hall–Kier alpha value is -1.10. The fourth-order valence-corrected chi connectivity index (χ4v) is 0.620. The zero-order valence-electron chi connectivity index (χ0n) is 5.00. The van der Waals surface area contributed by atoms with Crippen molar-refractivity contribution in [2.75, 3.05) is 0 Å². The fourth-order valence-electron chi connectivity index (χ4n) is 0.620. The van der Waals surface area contributed by atoms with Crippen molar-refractivity contribution < 1.29 is 4.79 Å². The number of carbonyl (C=O) groups is 1. The van der Waals surface area contributed by atoms with Crippen LogP contribution >= 0.6 is 0 Å². The molecule has 0 saturated heterocycles. The summed E-state index contributed by atoms with van der Waals surface area (Å²) in [5.41, 5.74) is 0.275. The van der Waals surface area contributed by atoms with Gasteiger partial charge in [-0.25, -0.2) is 0 Å². The molecule has 46 valence electrons. The summed E-state index contributed by atoms with van der Waals surface area (Å²) in [5.74, 6) is 0.518. The molecule has 0 heterocycles. The van der Waals surface area contributed by atoms with Crippen LogP contribution in [-0.4, -0.2) is 6.29 Å². The molecule has 0 atom stereocenters. The van der Waals surface area contributed by atoms with Gasteiger partial charge in [0.05, 0.1) is 5.57 Å². The third kappa shape index (κ3) is 1.69. The fraction of sp³-hybridized carbons (Fsp3) is 0.429. The SMILES string of the molecule is N#C/C(C=O)=C/C1CC1.